The molecular weight excluding hydrogens is 254 g/mol. The molecule has 1 aliphatic rings. The quantitative estimate of drug-likeness (QED) is 0.893. The average Bonchev–Trinajstić information content (AvgIpc) is 3.03. The Kier molecular flexibility index (Phi) is 3.78. The number of benzene rings is 1. The summed E-state index contributed by atoms with van der Waals surface area (Å²) < 4.78 is 5.22. The lowest BCUT2D eigenvalue weighted by molar-refractivity contribution is 0.0930. The molecule has 0 unspecified atom stereocenters. The molecular formula is C15H17N3O2. The van der Waals surface area contributed by atoms with E-state index in [1.807, 2.05) is 24.3 Å². The zero-order chi connectivity index (χ0) is 13.8. The van der Waals surface area contributed by atoms with E-state index < -0.39 is 0 Å². The third-order valence-electron chi connectivity index (χ3n) is 3.50. The van der Waals surface area contributed by atoms with E-state index >= 15 is 0 Å². The summed E-state index contributed by atoms with van der Waals surface area (Å²) in [4.78, 5) is 16.0. The second-order valence-electron chi connectivity index (χ2n) is 4.96. The smallest absolute Gasteiger partial charge is 0.251 e. The Morgan fingerprint density at radius 3 is 2.85 bits per heavy atom. The van der Waals surface area contributed by atoms with Crippen LogP contribution in [0.4, 0.5) is 0 Å². The summed E-state index contributed by atoms with van der Waals surface area (Å²) in [6.45, 7) is 1.89. The highest BCUT2D eigenvalue weighted by Crippen LogP contribution is 2.18. The maximum atomic E-state index is 12.1. The minimum Gasteiger partial charge on any atom is -0.444 e. The van der Waals surface area contributed by atoms with E-state index in [9.17, 15) is 4.79 Å². The van der Waals surface area contributed by atoms with Gasteiger partial charge in [-0.2, -0.15) is 0 Å². The Balaban J connectivity index is 1.66. The van der Waals surface area contributed by atoms with Crippen LogP contribution in [-0.2, 0) is 0 Å². The number of carbonyl (C=O) groups is 1. The number of amides is 1. The third kappa shape index (κ3) is 2.88. The minimum absolute atomic E-state index is 0.0252. The van der Waals surface area contributed by atoms with Gasteiger partial charge in [-0.15, -0.1) is 0 Å². The summed E-state index contributed by atoms with van der Waals surface area (Å²) in [7, 11) is 0. The van der Waals surface area contributed by atoms with Crippen molar-refractivity contribution in [1.29, 1.82) is 0 Å². The number of hydrogen-bond donors (Lipinski definition) is 2. The molecule has 0 radical (unpaired) electrons. The molecule has 1 aliphatic heterocycles. The number of oxazole rings is 1. The van der Waals surface area contributed by atoms with Crippen LogP contribution in [0, 0.1) is 0 Å². The fourth-order valence-electron chi connectivity index (χ4n) is 2.39. The second-order valence-corrected chi connectivity index (χ2v) is 4.96. The third-order valence-corrected chi connectivity index (χ3v) is 3.50. The van der Waals surface area contributed by atoms with Crippen molar-refractivity contribution in [2.45, 2.75) is 18.9 Å². The van der Waals surface area contributed by atoms with Gasteiger partial charge in [-0.1, -0.05) is 12.1 Å². The lowest BCUT2D eigenvalue weighted by atomic mass is 10.1. The summed E-state index contributed by atoms with van der Waals surface area (Å²) in [6, 6.07) is 7.58. The standard InChI is InChI=1S/C15H17N3O2/c19-15(18-13-2-1-7-16-8-13)12-5-3-11(4-6-12)14-9-17-10-20-14/h3-6,9-10,13,16H,1-2,7-8H2,(H,18,19)/t13-/m0/s1. The Morgan fingerprint density at radius 2 is 2.20 bits per heavy atom. The van der Waals surface area contributed by atoms with E-state index in [-0.39, 0.29) is 11.9 Å². The minimum atomic E-state index is -0.0252. The first-order chi connectivity index (χ1) is 9.83. The lowest BCUT2D eigenvalue weighted by Crippen LogP contribution is -2.45. The first-order valence-corrected chi connectivity index (χ1v) is 6.83. The summed E-state index contributed by atoms with van der Waals surface area (Å²) in [5, 5.41) is 6.34. The van der Waals surface area contributed by atoms with E-state index in [0.717, 1.165) is 31.5 Å². The SMILES string of the molecule is O=C(N[C@H]1CCCNC1)c1ccc(-c2cnco2)cc1. The molecule has 0 spiro atoms. The van der Waals surface area contributed by atoms with Gasteiger partial charge in [0.2, 0.25) is 0 Å². The molecule has 20 heavy (non-hydrogen) atoms. The molecule has 2 N–H and O–H groups in total. The van der Waals surface area contributed by atoms with Gasteiger partial charge in [-0.3, -0.25) is 4.79 Å². The highest BCUT2D eigenvalue weighted by atomic mass is 16.3. The lowest BCUT2D eigenvalue weighted by Gasteiger charge is -2.23. The number of carbonyl (C=O) groups excluding carboxylic acids is 1. The molecule has 5 heteroatoms. The van der Waals surface area contributed by atoms with Gasteiger partial charge in [0.25, 0.3) is 5.91 Å². The second kappa shape index (κ2) is 5.88. The van der Waals surface area contributed by atoms with Crippen molar-refractivity contribution in [3.05, 3.63) is 42.4 Å². The van der Waals surface area contributed by atoms with E-state index in [2.05, 4.69) is 15.6 Å². The van der Waals surface area contributed by atoms with Crippen LogP contribution < -0.4 is 10.6 Å². The number of nitrogens with zero attached hydrogens (tertiary/aromatic N) is 1. The topological polar surface area (TPSA) is 67.2 Å². The Bertz CT molecular complexity index is 557. The normalized spacial score (nSPS) is 18.7. The Morgan fingerprint density at radius 1 is 1.35 bits per heavy atom. The molecule has 1 fully saturated rings. The van der Waals surface area contributed by atoms with Crippen molar-refractivity contribution >= 4 is 5.91 Å². The van der Waals surface area contributed by atoms with E-state index in [1.165, 1.54) is 6.39 Å². The number of hydrogen-bond acceptors (Lipinski definition) is 4. The van der Waals surface area contributed by atoms with Crippen molar-refractivity contribution in [1.82, 2.24) is 15.6 Å². The van der Waals surface area contributed by atoms with E-state index in [4.69, 9.17) is 4.42 Å². The zero-order valence-electron chi connectivity index (χ0n) is 11.1. The highest BCUT2D eigenvalue weighted by molar-refractivity contribution is 5.94. The molecule has 1 amide bonds. The molecule has 5 nitrogen and oxygen atoms in total. The van der Waals surface area contributed by atoms with Gasteiger partial charge in [0.1, 0.15) is 0 Å². The van der Waals surface area contributed by atoms with Gasteiger partial charge in [-0.25, -0.2) is 4.98 Å². The Hall–Kier alpha value is -2.14. The summed E-state index contributed by atoms with van der Waals surface area (Å²) in [5.74, 6) is 0.677. The van der Waals surface area contributed by atoms with Gasteiger partial charge in [0.15, 0.2) is 12.2 Å². The molecule has 1 aromatic carbocycles. The van der Waals surface area contributed by atoms with Crippen molar-refractivity contribution in [2.24, 2.45) is 0 Å². The van der Waals surface area contributed by atoms with Crippen LogP contribution in [-0.4, -0.2) is 30.0 Å². The zero-order valence-corrected chi connectivity index (χ0v) is 11.1. The maximum Gasteiger partial charge on any atom is 0.251 e. The van der Waals surface area contributed by atoms with Crippen molar-refractivity contribution in [3.63, 3.8) is 0 Å². The van der Waals surface area contributed by atoms with E-state index in [0.29, 0.717) is 11.3 Å². The molecule has 104 valence electrons. The van der Waals surface area contributed by atoms with Gasteiger partial charge < -0.3 is 15.1 Å². The highest BCUT2D eigenvalue weighted by Gasteiger charge is 2.16. The number of piperidine rings is 1. The fourth-order valence-corrected chi connectivity index (χ4v) is 2.39. The number of rotatable bonds is 3. The predicted octanol–water partition coefficient (Wildman–Crippen LogP) is 1.82. The van der Waals surface area contributed by atoms with Crippen LogP contribution in [0.1, 0.15) is 23.2 Å². The molecule has 2 aromatic rings. The van der Waals surface area contributed by atoms with Crippen LogP contribution in [0.2, 0.25) is 0 Å². The van der Waals surface area contributed by atoms with Crippen LogP contribution in [0.15, 0.2) is 41.3 Å². The number of aromatic nitrogens is 1. The van der Waals surface area contributed by atoms with E-state index in [1.54, 1.807) is 6.20 Å². The van der Waals surface area contributed by atoms with Crippen molar-refractivity contribution < 1.29 is 9.21 Å². The molecule has 0 aliphatic carbocycles. The monoisotopic (exact) mass is 271 g/mol. The summed E-state index contributed by atoms with van der Waals surface area (Å²) >= 11 is 0. The molecule has 3 rings (SSSR count). The maximum absolute atomic E-state index is 12.1. The van der Waals surface area contributed by atoms with Crippen LogP contribution >= 0.6 is 0 Å². The van der Waals surface area contributed by atoms with Crippen molar-refractivity contribution in [2.75, 3.05) is 13.1 Å². The molecule has 1 saturated heterocycles. The number of nitrogens with one attached hydrogen (secondary N) is 2. The van der Waals surface area contributed by atoms with Gasteiger partial charge >= 0.3 is 0 Å². The first kappa shape index (κ1) is 12.9. The molecule has 2 heterocycles. The molecule has 1 aromatic heterocycles. The Labute approximate surface area is 117 Å². The molecule has 1 atom stereocenters. The van der Waals surface area contributed by atoms with Crippen LogP contribution in [0.5, 0.6) is 0 Å². The first-order valence-electron chi connectivity index (χ1n) is 6.83. The van der Waals surface area contributed by atoms with Gasteiger partial charge in [0.05, 0.1) is 6.20 Å². The average molecular weight is 271 g/mol. The van der Waals surface area contributed by atoms with Crippen LogP contribution in [0.25, 0.3) is 11.3 Å². The fraction of sp³-hybridized carbons (Fsp3) is 0.333. The van der Waals surface area contributed by atoms with Gasteiger partial charge in [0, 0.05) is 23.7 Å². The van der Waals surface area contributed by atoms with Crippen molar-refractivity contribution in [3.8, 4) is 11.3 Å². The molecule has 0 saturated carbocycles. The summed E-state index contributed by atoms with van der Waals surface area (Å²) in [6.07, 6.45) is 5.19. The largest absolute Gasteiger partial charge is 0.444 e. The predicted molar refractivity (Wildman–Crippen MR) is 75.3 cm³/mol. The summed E-state index contributed by atoms with van der Waals surface area (Å²) in [5.41, 5.74) is 1.58. The van der Waals surface area contributed by atoms with Crippen LogP contribution in [0.3, 0.4) is 0 Å². The van der Waals surface area contributed by atoms with Gasteiger partial charge in [-0.05, 0) is 31.5 Å². The molecule has 0 bridgehead atoms.